The van der Waals surface area contributed by atoms with Crippen LogP contribution in [-0.4, -0.2) is 85.6 Å². The molecule has 1 saturated heterocycles. The quantitative estimate of drug-likeness (QED) is 0.0941. The van der Waals surface area contributed by atoms with Gasteiger partial charge >= 0.3 is 5.97 Å². The molecule has 0 amide bonds. The number of ether oxygens (including phenoxy) is 3. The minimum absolute atomic E-state index is 0.255. The van der Waals surface area contributed by atoms with Crippen molar-refractivity contribution in [1.82, 2.24) is 19.9 Å². The first kappa shape index (κ1) is 39.9. The molecule has 1 fully saturated rings. The van der Waals surface area contributed by atoms with Gasteiger partial charge in [0, 0.05) is 51.4 Å². The average molecular weight is 835 g/mol. The van der Waals surface area contributed by atoms with Crippen molar-refractivity contribution in [3.05, 3.63) is 168 Å². The van der Waals surface area contributed by atoms with Gasteiger partial charge in [-0.2, -0.15) is 0 Å². The summed E-state index contributed by atoms with van der Waals surface area (Å²) >= 11 is 0. The van der Waals surface area contributed by atoms with Crippen LogP contribution in [-0.2, 0) is 14.2 Å². The average Bonchev–Trinajstić information content (AvgIpc) is 4.18. The van der Waals surface area contributed by atoms with Gasteiger partial charge in [0.15, 0.2) is 6.29 Å². The Labute approximate surface area is 362 Å². The van der Waals surface area contributed by atoms with Gasteiger partial charge in [0.05, 0.1) is 28.3 Å². The van der Waals surface area contributed by atoms with Gasteiger partial charge in [-0.3, -0.25) is 0 Å². The lowest BCUT2D eigenvalue weighted by Gasteiger charge is -2.39. The molecule has 0 radical (unpaired) electrons. The summed E-state index contributed by atoms with van der Waals surface area (Å²) in [6.45, 7) is -0.375. The first-order valence-corrected chi connectivity index (χ1v) is 20.7. The number of H-pyrrole nitrogens is 2. The lowest BCUT2D eigenvalue weighted by atomic mass is 9.99. The molecule has 3 aromatic heterocycles. The Balaban J connectivity index is 1.16. The maximum atomic E-state index is 13.3. The van der Waals surface area contributed by atoms with Crippen LogP contribution in [0.25, 0.3) is 90.9 Å². The van der Waals surface area contributed by atoms with Crippen molar-refractivity contribution in [1.29, 1.82) is 0 Å². The fourth-order valence-electron chi connectivity index (χ4n) is 8.50. The van der Waals surface area contributed by atoms with Crippen molar-refractivity contribution < 1.29 is 34.3 Å². The van der Waals surface area contributed by atoms with Gasteiger partial charge in [-0.15, -0.1) is 0 Å². The van der Waals surface area contributed by atoms with E-state index in [1.54, 1.807) is 12.1 Å². The van der Waals surface area contributed by atoms with Crippen LogP contribution < -0.4 is 0 Å². The summed E-state index contributed by atoms with van der Waals surface area (Å²) < 4.78 is 16.2. The maximum absolute atomic E-state index is 13.3. The number of aliphatic hydroxyl groups excluding tert-OH is 3. The van der Waals surface area contributed by atoms with Gasteiger partial charge in [0.1, 0.15) is 31.0 Å². The van der Waals surface area contributed by atoms with E-state index < -0.39 is 36.7 Å². The summed E-state index contributed by atoms with van der Waals surface area (Å²) in [4.78, 5) is 31.6. The maximum Gasteiger partial charge on any atom is 0.338 e. The minimum Gasteiger partial charge on any atom is -0.459 e. The van der Waals surface area contributed by atoms with E-state index in [9.17, 15) is 20.1 Å². The number of hydrogen-bond acceptors (Lipinski definition) is 9. The van der Waals surface area contributed by atoms with Gasteiger partial charge in [-0.05, 0) is 83.0 Å². The van der Waals surface area contributed by atoms with Crippen LogP contribution in [0.15, 0.2) is 140 Å². The van der Waals surface area contributed by atoms with E-state index in [-0.39, 0.29) is 12.2 Å². The molecule has 11 nitrogen and oxygen atoms in total. The molecule has 5 atom stereocenters. The van der Waals surface area contributed by atoms with Crippen LogP contribution in [0.4, 0.5) is 0 Å². The number of esters is 1. The standard InChI is InChI=1S/C52H42N4O7/c1-61-52-50(59)49(58)48(57)43(63-52)29-62-51(60)34-19-17-33(18-20-34)47-41-27-25-39(55-41)45(31-13-7-3-8-14-31)37-23-21-35(53-37)44(30-11-5-2-6-12-30)36-22-24-38(54-36)46(32-15-9-4-10-16-32)40-26-28-42(47)56-40/h2-28,43,48-50,52-54,57-59H,29H2,1H3/t43-,48+,49+,50-,52-/m1/s1. The van der Waals surface area contributed by atoms with Crippen molar-refractivity contribution in [3.8, 4) is 44.5 Å². The first-order chi connectivity index (χ1) is 30.8. The Morgan fingerprint density at radius 1 is 0.524 bits per heavy atom. The Bertz CT molecular complexity index is 2910. The predicted octanol–water partition coefficient (Wildman–Crippen LogP) is 8.93. The largest absolute Gasteiger partial charge is 0.459 e. The molecule has 8 bridgehead atoms. The fraction of sp³-hybridized carbons (Fsp3) is 0.135. The molecule has 3 aliphatic rings. The zero-order valence-corrected chi connectivity index (χ0v) is 34.1. The second-order valence-electron chi connectivity index (χ2n) is 15.5. The van der Waals surface area contributed by atoms with E-state index in [1.165, 1.54) is 7.11 Å². The molecule has 3 aliphatic heterocycles. The molecular weight excluding hydrogens is 793 g/mol. The molecule has 312 valence electrons. The van der Waals surface area contributed by atoms with Crippen LogP contribution in [0.5, 0.6) is 0 Å². The van der Waals surface area contributed by atoms with Crippen LogP contribution in [0.3, 0.4) is 0 Å². The van der Waals surface area contributed by atoms with Crippen LogP contribution >= 0.6 is 0 Å². The molecule has 0 spiro atoms. The Hall–Kier alpha value is -7.25. The molecule has 10 rings (SSSR count). The summed E-state index contributed by atoms with van der Waals surface area (Å²) in [5.74, 6) is -0.662. The van der Waals surface area contributed by atoms with Gasteiger partial charge < -0.3 is 39.5 Å². The van der Waals surface area contributed by atoms with Crippen molar-refractivity contribution in [2.24, 2.45) is 0 Å². The topological polar surface area (TPSA) is 163 Å². The molecular formula is C52H42N4O7. The molecule has 0 saturated carbocycles. The van der Waals surface area contributed by atoms with E-state index in [1.807, 2.05) is 91.0 Å². The zero-order chi connectivity index (χ0) is 43.0. The highest BCUT2D eigenvalue weighted by molar-refractivity contribution is 6.00. The monoisotopic (exact) mass is 834 g/mol. The highest BCUT2D eigenvalue weighted by Crippen LogP contribution is 2.38. The number of carbonyl (C=O) groups is 1. The smallest absolute Gasteiger partial charge is 0.338 e. The number of nitrogens with one attached hydrogen (secondary N) is 2. The summed E-state index contributed by atoms with van der Waals surface area (Å²) in [5, 5.41) is 30.9. The van der Waals surface area contributed by atoms with Crippen molar-refractivity contribution in [2.75, 3.05) is 13.7 Å². The predicted molar refractivity (Wildman–Crippen MR) is 245 cm³/mol. The Kier molecular flexibility index (Phi) is 10.7. The van der Waals surface area contributed by atoms with Crippen molar-refractivity contribution in [2.45, 2.75) is 30.7 Å². The first-order valence-electron chi connectivity index (χ1n) is 20.7. The lowest BCUT2D eigenvalue weighted by molar-refractivity contribution is -0.294. The molecule has 0 aliphatic carbocycles. The Morgan fingerprint density at radius 3 is 1.40 bits per heavy atom. The van der Waals surface area contributed by atoms with Crippen molar-refractivity contribution in [3.63, 3.8) is 0 Å². The third-order valence-corrected chi connectivity index (χ3v) is 11.6. The number of aliphatic hydroxyl groups is 3. The molecule has 0 unspecified atom stereocenters. The summed E-state index contributed by atoms with van der Waals surface area (Å²) in [6, 6.07) is 46.2. The van der Waals surface area contributed by atoms with Gasteiger partial charge in [-0.25, -0.2) is 14.8 Å². The van der Waals surface area contributed by atoms with Gasteiger partial charge in [0.25, 0.3) is 0 Å². The second kappa shape index (κ2) is 16.9. The number of fused-ring (bicyclic) bond motifs is 8. The summed E-state index contributed by atoms with van der Waals surface area (Å²) in [5.41, 5.74) is 14.3. The molecule has 6 heterocycles. The Morgan fingerprint density at radius 2 is 0.937 bits per heavy atom. The van der Waals surface area contributed by atoms with Crippen LogP contribution in [0.1, 0.15) is 33.1 Å². The molecule has 11 heteroatoms. The van der Waals surface area contributed by atoms with E-state index in [0.29, 0.717) is 11.4 Å². The van der Waals surface area contributed by atoms with Crippen molar-refractivity contribution >= 4 is 52.3 Å². The second-order valence-corrected chi connectivity index (χ2v) is 15.5. The summed E-state index contributed by atoms with van der Waals surface area (Å²) in [6.07, 6.45) is 1.26. The number of methoxy groups -OCH3 is 1. The van der Waals surface area contributed by atoms with E-state index in [4.69, 9.17) is 24.2 Å². The highest BCUT2D eigenvalue weighted by atomic mass is 16.7. The number of rotatable bonds is 8. The number of aromatic nitrogens is 4. The molecule has 63 heavy (non-hydrogen) atoms. The fourth-order valence-corrected chi connectivity index (χ4v) is 8.50. The third-order valence-electron chi connectivity index (χ3n) is 11.6. The molecule has 4 aromatic carbocycles. The van der Waals surface area contributed by atoms with E-state index in [0.717, 1.165) is 78.0 Å². The highest BCUT2D eigenvalue weighted by Gasteiger charge is 2.44. The van der Waals surface area contributed by atoms with E-state index in [2.05, 4.69) is 70.6 Å². The SMILES string of the molecule is CO[C@@H]1O[C@H](COC(=O)c2ccc(-c3c4nc(c(-c5ccccc5)c5ccc([nH]5)c(-c5ccccc5)c5ccc([nH]5)c(-c5ccccc5)c5nc3C=C5)C=C4)cc2)[C@H](O)[C@H](O)[C@H]1O. The lowest BCUT2D eigenvalue weighted by Crippen LogP contribution is -2.59. The van der Waals surface area contributed by atoms with Crippen LogP contribution in [0.2, 0.25) is 0 Å². The summed E-state index contributed by atoms with van der Waals surface area (Å²) in [7, 11) is 1.31. The molecule has 7 aromatic rings. The zero-order valence-electron chi connectivity index (χ0n) is 34.1. The minimum atomic E-state index is -1.54. The van der Waals surface area contributed by atoms with Gasteiger partial charge in [-0.1, -0.05) is 103 Å². The molecule has 5 N–H and O–H groups in total. The number of aromatic amines is 2. The normalized spacial score (nSPS) is 19.3. The third kappa shape index (κ3) is 7.58. The number of benzene rings is 4. The van der Waals surface area contributed by atoms with Gasteiger partial charge in [0.2, 0.25) is 0 Å². The number of nitrogens with zero attached hydrogens (tertiary/aromatic N) is 2. The number of hydrogen-bond donors (Lipinski definition) is 5. The van der Waals surface area contributed by atoms with Crippen LogP contribution in [0, 0.1) is 0 Å². The number of carbonyl (C=O) groups excluding carboxylic acids is 1. The van der Waals surface area contributed by atoms with E-state index >= 15 is 0 Å².